The standard InChI is InChI=1S/C14H12ClN3O3/c15-13-12(18-6-2-1-5-11(18)17-13)14(20)16-8-9(19)10-4-3-7-21-10/h1-7,9,19H,8H2,(H,16,20). The second-order valence-corrected chi connectivity index (χ2v) is 4.78. The van der Waals surface area contributed by atoms with Crippen LogP contribution in [0.3, 0.4) is 0 Å². The van der Waals surface area contributed by atoms with Gasteiger partial charge in [-0.15, -0.1) is 0 Å². The highest BCUT2D eigenvalue weighted by atomic mass is 35.5. The normalized spacial score (nSPS) is 12.5. The topological polar surface area (TPSA) is 79.8 Å². The second-order valence-electron chi connectivity index (χ2n) is 4.42. The highest BCUT2D eigenvalue weighted by Gasteiger charge is 2.19. The fraction of sp³-hybridized carbons (Fsp3) is 0.143. The van der Waals surface area contributed by atoms with Crippen molar-refractivity contribution < 1.29 is 14.3 Å². The van der Waals surface area contributed by atoms with Crippen molar-refractivity contribution >= 4 is 23.2 Å². The lowest BCUT2D eigenvalue weighted by molar-refractivity contribution is 0.0895. The summed E-state index contributed by atoms with van der Waals surface area (Å²) in [5.41, 5.74) is 0.818. The smallest absolute Gasteiger partial charge is 0.271 e. The summed E-state index contributed by atoms with van der Waals surface area (Å²) < 4.78 is 6.66. The van der Waals surface area contributed by atoms with Crippen molar-refractivity contribution in [3.8, 4) is 0 Å². The molecule has 6 nitrogen and oxygen atoms in total. The van der Waals surface area contributed by atoms with Crippen LogP contribution in [0.4, 0.5) is 0 Å². The number of carbonyl (C=O) groups excluding carboxylic acids is 1. The van der Waals surface area contributed by atoms with Gasteiger partial charge in [0.1, 0.15) is 17.5 Å². The zero-order valence-electron chi connectivity index (χ0n) is 10.9. The molecular formula is C14H12ClN3O3. The molecule has 1 atom stereocenters. The predicted molar refractivity (Wildman–Crippen MR) is 76.2 cm³/mol. The van der Waals surface area contributed by atoms with Gasteiger partial charge < -0.3 is 14.8 Å². The van der Waals surface area contributed by atoms with Crippen LogP contribution in [0.15, 0.2) is 47.2 Å². The number of imidazole rings is 1. The van der Waals surface area contributed by atoms with Gasteiger partial charge in [0.15, 0.2) is 10.8 Å². The number of furan rings is 1. The lowest BCUT2D eigenvalue weighted by Crippen LogP contribution is -2.29. The predicted octanol–water partition coefficient (Wildman–Crippen LogP) is 2.04. The summed E-state index contributed by atoms with van der Waals surface area (Å²) in [5, 5.41) is 12.6. The summed E-state index contributed by atoms with van der Waals surface area (Å²) in [4.78, 5) is 16.3. The SMILES string of the molecule is O=C(NCC(O)c1ccco1)c1c(Cl)nc2ccccn12. The highest BCUT2D eigenvalue weighted by molar-refractivity contribution is 6.32. The van der Waals surface area contributed by atoms with E-state index in [-0.39, 0.29) is 17.4 Å². The number of amides is 1. The van der Waals surface area contributed by atoms with Crippen LogP contribution >= 0.6 is 11.6 Å². The van der Waals surface area contributed by atoms with Crippen molar-refractivity contribution in [2.24, 2.45) is 0 Å². The van der Waals surface area contributed by atoms with Gasteiger partial charge in [-0.2, -0.15) is 0 Å². The molecule has 0 radical (unpaired) electrons. The van der Waals surface area contributed by atoms with E-state index >= 15 is 0 Å². The maximum Gasteiger partial charge on any atom is 0.271 e. The summed E-state index contributed by atoms with van der Waals surface area (Å²) in [6, 6.07) is 8.64. The molecule has 3 rings (SSSR count). The third-order valence-electron chi connectivity index (χ3n) is 3.03. The van der Waals surface area contributed by atoms with E-state index in [4.69, 9.17) is 16.0 Å². The second kappa shape index (κ2) is 5.59. The average molecular weight is 306 g/mol. The van der Waals surface area contributed by atoms with E-state index in [0.717, 1.165) is 0 Å². The Labute approximate surface area is 125 Å². The molecule has 0 saturated carbocycles. The van der Waals surface area contributed by atoms with E-state index in [1.54, 1.807) is 40.9 Å². The molecule has 1 unspecified atom stereocenters. The molecule has 0 fully saturated rings. The average Bonchev–Trinajstić information content (AvgIpc) is 3.10. The van der Waals surface area contributed by atoms with Gasteiger partial charge in [0.2, 0.25) is 0 Å². The Balaban J connectivity index is 1.77. The Kier molecular flexibility index (Phi) is 3.64. The zero-order chi connectivity index (χ0) is 14.8. The number of carbonyl (C=O) groups is 1. The first-order chi connectivity index (χ1) is 10.2. The molecule has 7 heteroatoms. The summed E-state index contributed by atoms with van der Waals surface area (Å²) >= 11 is 6.00. The van der Waals surface area contributed by atoms with Crippen molar-refractivity contribution in [3.05, 3.63) is 59.4 Å². The molecule has 21 heavy (non-hydrogen) atoms. The van der Waals surface area contributed by atoms with Crippen molar-refractivity contribution in [2.75, 3.05) is 6.54 Å². The van der Waals surface area contributed by atoms with E-state index in [1.165, 1.54) is 6.26 Å². The minimum atomic E-state index is -0.915. The van der Waals surface area contributed by atoms with Crippen molar-refractivity contribution in [1.82, 2.24) is 14.7 Å². The molecular weight excluding hydrogens is 294 g/mol. The Morgan fingerprint density at radius 3 is 3.05 bits per heavy atom. The van der Waals surface area contributed by atoms with Crippen molar-refractivity contribution in [3.63, 3.8) is 0 Å². The van der Waals surface area contributed by atoms with Crippen molar-refractivity contribution in [1.29, 1.82) is 0 Å². The Bertz CT molecular complexity index is 767. The molecule has 3 aromatic heterocycles. The van der Waals surface area contributed by atoms with Gasteiger partial charge in [0.25, 0.3) is 5.91 Å². The number of pyridine rings is 1. The van der Waals surface area contributed by atoms with Gasteiger partial charge in [0, 0.05) is 6.20 Å². The molecule has 1 amide bonds. The minimum absolute atomic E-state index is 0.0166. The lowest BCUT2D eigenvalue weighted by atomic mass is 10.2. The van der Waals surface area contributed by atoms with E-state index in [9.17, 15) is 9.90 Å². The molecule has 0 aliphatic rings. The quantitative estimate of drug-likeness (QED) is 0.773. The van der Waals surface area contributed by atoms with Crippen LogP contribution in [-0.4, -0.2) is 26.9 Å². The molecule has 2 N–H and O–H groups in total. The molecule has 3 aromatic rings. The minimum Gasteiger partial charge on any atom is -0.467 e. The molecule has 0 bridgehead atoms. The fourth-order valence-electron chi connectivity index (χ4n) is 2.02. The third kappa shape index (κ3) is 2.63. The molecule has 3 heterocycles. The van der Waals surface area contributed by atoms with Crippen LogP contribution < -0.4 is 5.32 Å². The van der Waals surface area contributed by atoms with E-state index in [2.05, 4.69) is 10.3 Å². The number of hydrogen-bond acceptors (Lipinski definition) is 4. The van der Waals surface area contributed by atoms with Crippen LogP contribution in [0.25, 0.3) is 5.65 Å². The Morgan fingerprint density at radius 2 is 2.29 bits per heavy atom. The van der Waals surface area contributed by atoms with E-state index < -0.39 is 12.0 Å². The lowest BCUT2D eigenvalue weighted by Gasteiger charge is -2.09. The van der Waals surface area contributed by atoms with E-state index in [0.29, 0.717) is 11.4 Å². The largest absolute Gasteiger partial charge is 0.467 e. The number of aliphatic hydroxyl groups excluding tert-OH is 1. The van der Waals surface area contributed by atoms with Crippen molar-refractivity contribution in [2.45, 2.75) is 6.10 Å². The summed E-state index contributed by atoms with van der Waals surface area (Å²) in [7, 11) is 0. The van der Waals surface area contributed by atoms with Crippen LogP contribution in [0.1, 0.15) is 22.4 Å². The van der Waals surface area contributed by atoms with Gasteiger partial charge in [-0.25, -0.2) is 4.98 Å². The van der Waals surface area contributed by atoms with Crippen LogP contribution in [-0.2, 0) is 0 Å². The first-order valence-electron chi connectivity index (χ1n) is 6.29. The van der Waals surface area contributed by atoms with Crippen LogP contribution in [0.5, 0.6) is 0 Å². The Morgan fingerprint density at radius 1 is 1.43 bits per heavy atom. The van der Waals surface area contributed by atoms with Gasteiger partial charge in [-0.05, 0) is 24.3 Å². The Hall–Kier alpha value is -2.31. The molecule has 0 spiro atoms. The van der Waals surface area contributed by atoms with Crippen LogP contribution in [0.2, 0.25) is 5.15 Å². The van der Waals surface area contributed by atoms with Gasteiger partial charge in [-0.3, -0.25) is 9.20 Å². The van der Waals surface area contributed by atoms with E-state index in [1.807, 2.05) is 0 Å². The zero-order valence-corrected chi connectivity index (χ0v) is 11.6. The monoisotopic (exact) mass is 305 g/mol. The van der Waals surface area contributed by atoms with Gasteiger partial charge in [-0.1, -0.05) is 17.7 Å². The molecule has 108 valence electrons. The summed E-state index contributed by atoms with van der Waals surface area (Å²) in [6.45, 7) is 0.0166. The van der Waals surface area contributed by atoms with Gasteiger partial charge >= 0.3 is 0 Å². The number of rotatable bonds is 4. The number of nitrogens with one attached hydrogen (secondary N) is 1. The number of aliphatic hydroxyl groups is 1. The highest BCUT2D eigenvalue weighted by Crippen LogP contribution is 2.18. The third-order valence-corrected chi connectivity index (χ3v) is 3.29. The molecule has 0 aliphatic carbocycles. The maximum absolute atomic E-state index is 12.2. The molecule has 0 aromatic carbocycles. The maximum atomic E-state index is 12.2. The first kappa shape index (κ1) is 13.7. The number of aromatic nitrogens is 2. The molecule has 0 aliphatic heterocycles. The summed E-state index contributed by atoms with van der Waals surface area (Å²) in [5.74, 6) is -0.0242. The number of halogens is 1. The number of hydrogen-bond donors (Lipinski definition) is 2. The fourth-order valence-corrected chi connectivity index (χ4v) is 2.29. The van der Waals surface area contributed by atoms with Gasteiger partial charge in [0.05, 0.1) is 12.8 Å². The van der Waals surface area contributed by atoms with Crippen LogP contribution in [0, 0.1) is 0 Å². The number of nitrogens with zero attached hydrogens (tertiary/aromatic N) is 2. The number of fused-ring (bicyclic) bond motifs is 1. The molecule has 0 saturated heterocycles. The summed E-state index contributed by atoms with van der Waals surface area (Å²) in [6.07, 6.45) is 2.25. The first-order valence-corrected chi connectivity index (χ1v) is 6.67.